The second-order valence-electron chi connectivity index (χ2n) is 5.04. The Morgan fingerprint density at radius 2 is 2.00 bits per heavy atom. The number of anilines is 1. The van der Waals surface area contributed by atoms with Gasteiger partial charge in [0.1, 0.15) is 0 Å². The minimum absolute atomic E-state index is 0.587. The van der Waals surface area contributed by atoms with Crippen LogP contribution >= 0.6 is 0 Å². The van der Waals surface area contributed by atoms with Gasteiger partial charge in [-0.1, -0.05) is 6.07 Å². The van der Waals surface area contributed by atoms with Crippen molar-refractivity contribution in [3.8, 4) is 0 Å². The van der Waals surface area contributed by atoms with Gasteiger partial charge in [0.2, 0.25) is 0 Å². The van der Waals surface area contributed by atoms with Crippen molar-refractivity contribution >= 4 is 5.69 Å². The van der Waals surface area contributed by atoms with Crippen molar-refractivity contribution in [3.05, 3.63) is 29.3 Å². The van der Waals surface area contributed by atoms with Crippen molar-refractivity contribution in [2.45, 2.75) is 26.1 Å². The van der Waals surface area contributed by atoms with Gasteiger partial charge in [-0.15, -0.1) is 0 Å². The Morgan fingerprint density at radius 1 is 1.31 bits per heavy atom. The molecule has 0 spiro atoms. The molecule has 3 nitrogen and oxygen atoms in total. The number of nitrogens with zero attached hydrogens (tertiary/aromatic N) is 2. The van der Waals surface area contributed by atoms with E-state index in [1.54, 1.807) is 0 Å². The molecule has 0 amide bonds. The summed E-state index contributed by atoms with van der Waals surface area (Å²) < 4.78 is 0. The SMILES string of the molecule is CC(CN(C)C)N1Cc2ccc(N)cc2C1. The van der Waals surface area contributed by atoms with Gasteiger partial charge in [-0.05, 0) is 44.3 Å². The molecule has 0 saturated heterocycles. The van der Waals surface area contributed by atoms with Gasteiger partial charge in [0.25, 0.3) is 0 Å². The fourth-order valence-electron chi connectivity index (χ4n) is 2.40. The lowest BCUT2D eigenvalue weighted by atomic mass is 10.1. The number of rotatable bonds is 3. The third-order valence-electron chi connectivity index (χ3n) is 3.23. The number of likely N-dealkylation sites (N-methyl/N-ethyl adjacent to an activating group) is 1. The van der Waals surface area contributed by atoms with E-state index in [4.69, 9.17) is 5.73 Å². The van der Waals surface area contributed by atoms with Gasteiger partial charge in [0.05, 0.1) is 0 Å². The number of hydrogen-bond acceptors (Lipinski definition) is 3. The van der Waals surface area contributed by atoms with Crippen LogP contribution in [0.1, 0.15) is 18.1 Å². The molecule has 0 aliphatic carbocycles. The Morgan fingerprint density at radius 3 is 2.69 bits per heavy atom. The highest BCUT2D eigenvalue weighted by Gasteiger charge is 2.23. The van der Waals surface area contributed by atoms with Crippen molar-refractivity contribution in [1.29, 1.82) is 0 Å². The molecule has 16 heavy (non-hydrogen) atoms. The summed E-state index contributed by atoms with van der Waals surface area (Å²) in [5.41, 5.74) is 9.51. The van der Waals surface area contributed by atoms with Crippen molar-refractivity contribution in [3.63, 3.8) is 0 Å². The zero-order chi connectivity index (χ0) is 11.7. The quantitative estimate of drug-likeness (QED) is 0.783. The lowest BCUT2D eigenvalue weighted by molar-refractivity contribution is 0.175. The largest absolute Gasteiger partial charge is 0.399 e. The predicted octanol–water partition coefficient (Wildman–Crippen LogP) is 1.53. The fourth-order valence-corrected chi connectivity index (χ4v) is 2.40. The Labute approximate surface area is 97.8 Å². The minimum Gasteiger partial charge on any atom is -0.399 e. The topological polar surface area (TPSA) is 32.5 Å². The van der Waals surface area contributed by atoms with Gasteiger partial charge in [-0.2, -0.15) is 0 Å². The first-order valence-corrected chi connectivity index (χ1v) is 5.82. The van der Waals surface area contributed by atoms with Crippen molar-refractivity contribution < 1.29 is 0 Å². The van der Waals surface area contributed by atoms with Gasteiger partial charge >= 0.3 is 0 Å². The van der Waals surface area contributed by atoms with Crippen LogP contribution in [0, 0.1) is 0 Å². The van der Waals surface area contributed by atoms with Crippen molar-refractivity contribution in [2.24, 2.45) is 0 Å². The summed E-state index contributed by atoms with van der Waals surface area (Å²) in [6, 6.07) is 6.85. The van der Waals surface area contributed by atoms with E-state index in [2.05, 4.69) is 43.0 Å². The second-order valence-corrected chi connectivity index (χ2v) is 5.04. The van der Waals surface area contributed by atoms with Crippen molar-refractivity contribution in [2.75, 3.05) is 26.4 Å². The average Bonchev–Trinajstić information content (AvgIpc) is 2.59. The molecule has 88 valence electrons. The van der Waals surface area contributed by atoms with E-state index in [0.717, 1.165) is 25.3 Å². The maximum atomic E-state index is 5.81. The second kappa shape index (κ2) is 4.44. The summed E-state index contributed by atoms with van der Waals surface area (Å²) in [7, 11) is 4.25. The molecule has 0 bridgehead atoms. The normalized spacial score (nSPS) is 17.8. The molecule has 0 saturated carbocycles. The van der Waals surface area contributed by atoms with E-state index in [0.29, 0.717) is 6.04 Å². The third-order valence-corrected chi connectivity index (χ3v) is 3.23. The third kappa shape index (κ3) is 2.36. The van der Waals surface area contributed by atoms with Crippen LogP contribution in [-0.2, 0) is 13.1 Å². The Kier molecular flexibility index (Phi) is 3.17. The Bertz CT molecular complexity index is 373. The number of nitrogens with two attached hydrogens (primary N) is 1. The van der Waals surface area contributed by atoms with Crippen LogP contribution in [0.15, 0.2) is 18.2 Å². The number of benzene rings is 1. The summed E-state index contributed by atoms with van der Waals surface area (Å²) in [5, 5.41) is 0. The van der Waals surface area contributed by atoms with E-state index >= 15 is 0 Å². The van der Waals surface area contributed by atoms with Crippen LogP contribution in [0.25, 0.3) is 0 Å². The van der Waals surface area contributed by atoms with E-state index in [1.165, 1.54) is 11.1 Å². The first-order chi connectivity index (χ1) is 7.56. The molecule has 1 aromatic rings. The smallest absolute Gasteiger partial charge is 0.0317 e. The van der Waals surface area contributed by atoms with E-state index in [-0.39, 0.29) is 0 Å². The summed E-state index contributed by atoms with van der Waals surface area (Å²) in [5.74, 6) is 0. The molecule has 1 unspecified atom stereocenters. The summed E-state index contributed by atoms with van der Waals surface area (Å²) in [4.78, 5) is 4.74. The van der Waals surface area contributed by atoms with Gasteiger partial charge < -0.3 is 10.6 Å². The van der Waals surface area contributed by atoms with Crippen LogP contribution in [-0.4, -0.2) is 36.5 Å². The molecule has 1 aliphatic heterocycles. The van der Waals surface area contributed by atoms with Gasteiger partial charge in [-0.25, -0.2) is 0 Å². The van der Waals surface area contributed by atoms with Crippen molar-refractivity contribution in [1.82, 2.24) is 9.80 Å². The predicted molar refractivity (Wildman–Crippen MR) is 68.1 cm³/mol. The molecular formula is C13H21N3. The Hall–Kier alpha value is -1.06. The number of hydrogen-bond donors (Lipinski definition) is 1. The molecule has 0 fully saturated rings. The highest BCUT2D eigenvalue weighted by molar-refractivity contribution is 5.46. The molecular weight excluding hydrogens is 198 g/mol. The number of fused-ring (bicyclic) bond motifs is 1. The minimum atomic E-state index is 0.587. The first kappa shape index (κ1) is 11.4. The van der Waals surface area contributed by atoms with Crippen LogP contribution in [0.4, 0.5) is 5.69 Å². The molecule has 0 radical (unpaired) electrons. The summed E-state index contributed by atoms with van der Waals surface area (Å²) in [6.07, 6.45) is 0. The molecule has 2 N–H and O–H groups in total. The lowest BCUT2D eigenvalue weighted by Gasteiger charge is -2.26. The van der Waals surface area contributed by atoms with E-state index in [1.807, 2.05) is 6.07 Å². The summed E-state index contributed by atoms with van der Waals surface area (Å²) in [6.45, 7) is 5.48. The molecule has 3 heteroatoms. The fraction of sp³-hybridized carbons (Fsp3) is 0.538. The lowest BCUT2D eigenvalue weighted by Crippen LogP contribution is -2.36. The van der Waals surface area contributed by atoms with Gasteiger partial charge in [0, 0.05) is 31.4 Å². The highest BCUT2D eigenvalue weighted by Crippen LogP contribution is 2.26. The molecule has 1 aromatic carbocycles. The van der Waals surface area contributed by atoms with Crippen LogP contribution in [0.5, 0.6) is 0 Å². The van der Waals surface area contributed by atoms with Gasteiger partial charge in [0.15, 0.2) is 0 Å². The monoisotopic (exact) mass is 219 g/mol. The van der Waals surface area contributed by atoms with E-state index in [9.17, 15) is 0 Å². The zero-order valence-corrected chi connectivity index (χ0v) is 10.4. The van der Waals surface area contributed by atoms with Crippen LogP contribution in [0.3, 0.4) is 0 Å². The maximum Gasteiger partial charge on any atom is 0.0317 e. The van der Waals surface area contributed by atoms with Crippen LogP contribution < -0.4 is 5.73 Å². The average molecular weight is 219 g/mol. The standard InChI is InChI=1S/C13H21N3/c1-10(7-15(2)3)16-8-11-4-5-13(14)6-12(11)9-16/h4-6,10H,7-9,14H2,1-3H3. The molecule has 1 heterocycles. The maximum absolute atomic E-state index is 5.81. The molecule has 0 aromatic heterocycles. The van der Waals surface area contributed by atoms with E-state index < -0.39 is 0 Å². The Balaban J connectivity index is 2.05. The van der Waals surface area contributed by atoms with Gasteiger partial charge in [-0.3, -0.25) is 4.90 Å². The summed E-state index contributed by atoms with van der Waals surface area (Å²) >= 11 is 0. The highest BCUT2D eigenvalue weighted by atomic mass is 15.2. The zero-order valence-electron chi connectivity index (χ0n) is 10.4. The number of nitrogen functional groups attached to an aromatic ring is 1. The van der Waals surface area contributed by atoms with Crippen LogP contribution in [0.2, 0.25) is 0 Å². The molecule has 2 rings (SSSR count). The first-order valence-electron chi connectivity index (χ1n) is 5.82. The molecule has 1 atom stereocenters. The molecule has 1 aliphatic rings.